The molecule has 1 aliphatic rings. The van der Waals surface area contributed by atoms with Crippen LogP contribution in [0.15, 0.2) is 0 Å². The van der Waals surface area contributed by atoms with Gasteiger partial charge in [0.15, 0.2) is 0 Å². The summed E-state index contributed by atoms with van der Waals surface area (Å²) in [6.07, 6.45) is 1.62. The van der Waals surface area contributed by atoms with E-state index in [2.05, 4.69) is 5.32 Å². The summed E-state index contributed by atoms with van der Waals surface area (Å²) in [5, 5.41) is 4.89. The number of halogens is 3. The van der Waals surface area contributed by atoms with Gasteiger partial charge in [-0.05, 0) is 32.2 Å². The maximum atomic E-state index is 11.9. The molecule has 106 valence electrons. The Bertz CT molecular complexity index is 263. The van der Waals surface area contributed by atoms with Crippen LogP contribution in [0.25, 0.3) is 0 Å². The summed E-state index contributed by atoms with van der Waals surface area (Å²) < 4.78 is 35.8. The first-order chi connectivity index (χ1) is 8.38. The standard InChI is InChI=1S/C12H21F3N2O/c1-9(11(18)17-8-12(13,14)15)16-7-10-5-3-2-4-6-10/h9-10,16H,2-8H2,1H3,(H,17,18). The zero-order valence-corrected chi connectivity index (χ0v) is 10.6. The van der Waals surface area contributed by atoms with Crippen molar-refractivity contribution in [3.05, 3.63) is 0 Å². The van der Waals surface area contributed by atoms with Gasteiger partial charge in [-0.1, -0.05) is 19.3 Å². The van der Waals surface area contributed by atoms with Crippen LogP contribution in [0, 0.1) is 5.92 Å². The topological polar surface area (TPSA) is 41.1 Å². The second-order valence-corrected chi connectivity index (χ2v) is 4.97. The molecule has 0 spiro atoms. The highest BCUT2D eigenvalue weighted by Crippen LogP contribution is 2.22. The molecule has 0 aromatic carbocycles. The molecule has 0 radical (unpaired) electrons. The normalized spacial score (nSPS) is 19.6. The smallest absolute Gasteiger partial charge is 0.346 e. The van der Waals surface area contributed by atoms with E-state index in [4.69, 9.17) is 0 Å². The second kappa shape index (κ2) is 6.97. The van der Waals surface area contributed by atoms with Crippen LogP contribution in [0.3, 0.4) is 0 Å². The zero-order valence-electron chi connectivity index (χ0n) is 10.6. The fraction of sp³-hybridized carbons (Fsp3) is 0.917. The Hall–Kier alpha value is -0.780. The van der Waals surface area contributed by atoms with Gasteiger partial charge in [0, 0.05) is 0 Å². The third-order valence-corrected chi connectivity index (χ3v) is 3.29. The van der Waals surface area contributed by atoms with Crippen molar-refractivity contribution in [3.8, 4) is 0 Å². The van der Waals surface area contributed by atoms with Crippen LogP contribution in [0.5, 0.6) is 0 Å². The van der Waals surface area contributed by atoms with Crippen molar-refractivity contribution in [2.45, 2.75) is 51.2 Å². The minimum absolute atomic E-state index is 0.552. The summed E-state index contributed by atoms with van der Waals surface area (Å²) >= 11 is 0. The third kappa shape index (κ3) is 6.23. The molecule has 0 heterocycles. The van der Waals surface area contributed by atoms with Crippen LogP contribution in [0.4, 0.5) is 13.2 Å². The van der Waals surface area contributed by atoms with Crippen molar-refractivity contribution in [2.75, 3.05) is 13.1 Å². The van der Waals surface area contributed by atoms with Crippen molar-refractivity contribution < 1.29 is 18.0 Å². The van der Waals surface area contributed by atoms with E-state index in [9.17, 15) is 18.0 Å². The van der Waals surface area contributed by atoms with Crippen molar-refractivity contribution in [3.63, 3.8) is 0 Å². The third-order valence-electron chi connectivity index (χ3n) is 3.29. The lowest BCUT2D eigenvalue weighted by atomic mass is 9.89. The molecule has 18 heavy (non-hydrogen) atoms. The number of hydrogen-bond donors (Lipinski definition) is 2. The highest BCUT2D eigenvalue weighted by Gasteiger charge is 2.28. The lowest BCUT2D eigenvalue weighted by Crippen LogP contribution is -2.46. The van der Waals surface area contributed by atoms with Gasteiger partial charge in [0.05, 0.1) is 6.04 Å². The fourth-order valence-corrected chi connectivity index (χ4v) is 2.17. The van der Waals surface area contributed by atoms with Gasteiger partial charge in [0.25, 0.3) is 0 Å². The molecule has 6 heteroatoms. The fourth-order valence-electron chi connectivity index (χ4n) is 2.17. The molecular weight excluding hydrogens is 245 g/mol. The minimum atomic E-state index is -4.35. The van der Waals surface area contributed by atoms with Gasteiger partial charge >= 0.3 is 6.18 Å². The molecule has 0 saturated heterocycles. The molecule has 0 bridgehead atoms. The van der Waals surface area contributed by atoms with Gasteiger partial charge in [-0.3, -0.25) is 4.79 Å². The average Bonchev–Trinajstić information content (AvgIpc) is 2.33. The lowest BCUT2D eigenvalue weighted by Gasteiger charge is -2.23. The molecule has 1 saturated carbocycles. The van der Waals surface area contributed by atoms with Crippen LogP contribution in [-0.4, -0.2) is 31.2 Å². The number of hydrogen-bond acceptors (Lipinski definition) is 2. The van der Waals surface area contributed by atoms with E-state index in [-0.39, 0.29) is 0 Å². The van der Waals surface area contributed by atoms with Gasteiger partial charge in [-0.15, -0.1) is 0 Å². The van der Waals surface area contributed by atoms with Gasteiger partial charge in [-0.2, -0.15) is 13.2 Å². The summed E-state index contributed by atoms with van der Waals surface area (Å²) in [6, 6.07) is -0.575. The largest absolute Gasteiger partial charge is 0.405 e. The molecule has 1 rings (SSSR count). The van der Waals surface area contributed by atoms with Crippen LogP contribution in [0.1, 0.15) is 39.0 Å². The van der Waals surface area contributed by atoms with Crippen LogP contribution >= 0.6 is 0 Å². The Labute approximate surface area is 106 Å². The Kier molecular flexibility index (Phi) is 5.91. The van der Waals surface area contributed by atoms with Crippen LogP contribution < -0.4 is 10.6 Å². The highest BCUT2D eigenvalue weighted by atomic mass is 19.4. The first kappa shape index (κ1) is 15.3. The lowest BCUT2D eigenvalue weighted by molar-refractivity contribution is -0.139. The van der Waals surface area contributed by atoms with Crippen molar-refractivity contribution >= 4 is 5.91 Å². The van der Waals surface area contributed by atoms with Crippen LogP contribution in [0.2, 0.25) is 0 Å². The average molecular weight is 266 g/mol. The Morgan fingerprint density at radius 2 is 1.89 bits per heavy atom. The molecule has 2 N–H and O–H groups in total. The molecule has 3 nitrogen and oxygen atoms in total. The van der Waals surface area contributed by atoms with Gasteiger partial charge in [0.1, 0.15) is 6.54 Å². The molecular formula is C12H21F3N2O. The maximum absolute atomic E-state index is 11.9. The highest BCUT2D eigenvalue weighted by molar-refractivity contribution is 5.81. The number of alkyl halides is 3. The van der Waals surface area contributed by atoms with Crippen molar-refractivity contribution in [1.82, 2.24) is 10.6 Å². The Balaban J connectivity index is 2.18. The molecule has 0 aromatic heterocycles. The van der Waals surface area contributed by atoms with E-state index in [1.54, 1.807) is 6.92 Å². The molecule has 0 aliphatic heterocycles. The predicted molar refractivity (Wildman–Crippen MR) is 63.1 cm³/mol. The Morgan fingerprint density at radius 3 is 2.44 bits per heavy atom. The summed E-state index contributed by atoms with van der Waals surface area (Å²) in [6.45, 7) is 1.04. The Morgan fingerprint density at radius 1 is 1.28 bits per heavy atom. The summed E-state index contributed by atoms with van der Waals surface area (Å²) in [5.74, 6) is -0.0419. The minimum Gasteiger partial charge on any atom is -0.346 e. The van der Waals surface area contributed by atoms with E-state index in [1.807, 2.05) is 5.32 Å². The summed E-state index contributed by atoms with van der Waals surface area (Å²) in [4.78, 5) is 11.4. The van der Waals surface area contributed by atoms with Gasteiger partial charge in [-0.25, -0.2) is 0 Å². The van der Waals surface area contributed by atoms with Gasteiger partial charge in [0.2, 0.25) is 5.91 Å². The number of carbonyl (C=O) groups is 1. The van der Waals surface area contributed by atoms with Gasteiger partial charge < -0.3 is 10.6 Å². The van der Waals surface area contributed by atoms with Crippen molar-refractivity contribution in [1.29, 1.82) is 0 Å². The second-order valence-electron chi connectivity index (χ2n) is 4.97. The quantitative estimate of drug-likeness (QED) is 0.801. The SMILES string of the molecule is CC(NCC1CCCCC1)C(=O)NCC(F)(F)F. The maximum Gasteiger partial charge on any atom is 0.405 e. The summed E-state index contributed by atoms with van der Waals surface area (Å²) in [7, 11) is 0. The van der Waals surface area contributed by atoms with E-state index in [0.29, 0.717) is 12.5 Å². The first-order valence-corrected chi connectivity index (χ1v) is 6.46. The first-order valence-electron chi connectivity index (χ1n) is 6.46. The van der Waals surface area contributed by atoms with E-state index < -0.39 is 24.7 Å². The zero-order chi connectivity index (χ0) is 13.6. The molecule has 1 atom stereocenters. The summed E-state index contributed by atoms with van der Waals surface area (Å²) in [5.41, 5.74) is 0. The van der Waals surface area contributed by atoms with Crippen molar-refractivity contribution in [2.24, 2.45) is 5.92 Å². The van der Waals surface area contributed by atoms with E-state index >= 15 is 0 Å². The monoisotopic (exact) mass is 266 g/mol. The predicted octanol–water partition coefficient (Wildman–Crippen LogP) is 2.22. The number of carbonyl (C=O) groups excluding carboxylic acids is 1. The molecule has 0 aromatic rings. The van der Waals surface area contributed by atoms with E-state index in [1.165, 1.54) is 19.3 Å². The number of rotatable bonds is 5. The molecule has 1 amide bonds. The number of amides is 1. The molecule has 1 unspecified atom stereocenters. The van der Waals surface area contributed by atoms with E-state index in [0.717, 1.165) is 12.8 Å². The number of nitrogens with one attached hydrogen (secondary N) is 2. The van der Waals surface area contributed by atoms with Crippen LogP contribution in [-0.2, 0) is 4.79 Å². The molecule has 1 fully saturated rings. The molecule has 1 aliphatic carbocycles.